The predicted molar refractivity (Wildman–Crippen MR) is 102 cm³/mol. The number of rotatable bonds is 5. The summed E-state index contributed by atoms with van der Waals surface area (Å²) in [7, 11) is 5.38. The number of ketones is 1. The summed E-state index contributed by atoms with van der Waals surface area (Å²) in [6.45, 7) is 1.93. The average molecular weight is 354 g/mol. The number of carbonyl (C=O) groups excluding carboxylic acids is 1. The van der Waals surface area contributed by atoms with Crippen molar-refractivity contribution in [2.45, 2.75) is 6.92 Å². The molecule has 0 aliphatic carbocycles. The number of ether oxygens (including phenoxy) is 3. The quantitative estimate of drug-likeness (QED) is 0.504. The van der Waals surface area contributed by atoms with E-state index in [2.05, 4.69) is 0 Å². The number of nitrogens with zero attached hydrogens (tertiary/aromatic N) is 1. The van der Waals surface area contributed by atoms with E-state index in [9.17, 15) is 4.79 Å². The summed E-state index contributed by atoms with van der Waals surface area (Å²) in [6.07, 6.45) is 1.79. The van der Waals surface area contributed by atoms with Crippen LogP contribution in [0.1, 0.15) is 22.8 Å². The van der Waals surface area contributed by atoms with Gasteiger partial charge < -0.3 is 24.8 Å². The summed E-state index contributed by atoms with van der Waals surface area (Å²) < 4.78 is 16.1. The van der Waals surface area contributed by atoms with Gasteiger partial charge in [-0.15, -0.1) is 0 Å². The molecule has 26 heavy (non-hydrogen) atoms. The molecule has 6 nitrogen and oxygen atoms in total. The van der Waals surface area contributed by atoms with Crippen LogP contribution >= 0.6 is 0 Å². The Balaban J connectivity index is 1.90. The van der Waals surface area contributed by atoms with E-state index in [1.165, 1.54) is 0 Å². The number of hydrogen-bond donors (Lipinski definition) is 1. The van der Waals surface area contributed by atoms with Crippen LogP contribution in [0.3, 0.4) is 0 Å². The number of benzene rings is 2. The summed E-state index contributed by atoms with van der Waals surface area (Å²) >= 11 is 0. The predicted octanol–water partition coefficient (Wildman–Crippen LogP) is 3.36. The zero-order valence-electron chi connectivity index (χ0n) is 15.3. The lowest BCUT2D eigenvalue weighted by atomic mass is 10.0. The Morgan fingerprint density at radius 2 is 2.00 bits per heavy atom. The SMILES string of the molecule is COc1cc(C=C(C)C(=O)c2ccc(N(C)C)c(N)c2)cc2c1OCO2. The largest absolute Gasteiger partial charge is 0.493 e. The minimum Gasteiger partial charge on any atom is -0.493 e. The molecule has 1 aliphatic heterocycles. The highest BCUT2D eigenvalue weighted by Crippen LogP contribution is 2.42. The molecule has 2 N–H and O–H groups in total. The van der Waals surface area contributed by atoms with Gasteiger partial charge in [-0.05, 0) is 54.5 Å². The maximum Gasteiger partial charge on any atom is 0.231 e. The molecule has 2 aromatic rings. The first-order valence-corrected chi connectivity index (χ1v) is 8.18. The van der Waals surface area contributed by atoms with Crippen molar-refractivity contribution in [3.63, 3.8) is 0 Å². The van der Waals surface area contributed by atoms with E-state index in [1.54, 1.807) is 32.2 Å². The number of nitrogen functional groups attached to an aromatic ring is 1. The molecule has 0 saturated heterocycles. The number of carbonyl (C=O) groups is 1. The molecule has 6 heteroatoms. The number of hydrogen-bond acceptors (Lipinski definition) is 6. The van der Waals surface area contributed by atoms with Crippen LogP contribution in [0.25, 0.3) is 6.08 Å². The van der Waals surface area contributed by atoms with Gasteiger partial charge in [0, 0.05) is 19.7 Å². The van der Waals surface area contributed by atoms with Crippen molar-refractivity contribution in [2.24, 2.45) is 0 Å². The molecule has 136 valence electrons. The highest BCUT2D eigenvalue weighted by molar-refractivity contribution is 6.11. The molecule has 0 bridgehead atoms. The molecule has 0 radical (unpaired) electrons. The third kappa shape index (κ3) is 3.31. The fourth-order valence-electron chi connectivity index (χ4n) is 2.88. The van der Waals surface area contributed by atoms with Gasteiger partial charge in [-0.3, -0.25) is 4.79 Å². The molecule has 3 rings (SSSR count). The summed E-state index contributed by atoms with van der Waals surface area (Å²) in [5.41, 5.74) is 9.44. The second kappa shape index (κ2) is 7.00. The molecule has 0 spiro atoms. The number of Topliss-reactive ketones (excluding diaryl/α,β-unsaturated/α-hetero) is 1. The Labute approximate surface area is 152 Å². The van der Waals surface area contributed by atoms with Crippen LogP contribution in [-0.2, 0) is 0 Å². The van der Waals surface area contributed by atoms with Gasteiger partial charge in [0.15, 0.2) is 17.3 Å². The topological polar surface area (TPSA) is 74.0 Å². The highest BCUT2D eigenvalue weighted by Gasteiger charge is 2.20. The minimum absolute atomic E-state index is 0.0846. The van der Waals surface area contributed by atoms with Crippen molar-refractivity contribution in [3.8, 4) is 17.2 Å². The van der Waals surface area contributed by atoms with Gasteiger partial charge in [0.1, 0.15) is 0 Å². The Bertz CT molecular complexity index is 888. The van der Waals surface area contributed by atoms with Gasteiger partial charge >= 0.3 is 0 Å². The van der Waals surface area contributed by atoms with Gasteiger partial charge in [0.25, 0.3) is 0 Å². The van der Waals surface area contributed by atoms with Crippen molar-refractivity contribution in [1.29, 1.82) is 0 Å². The van der Waals surface area contributed by atoms with E-state index in [4.69, 9.17) is 19.9 Å². The fraction of sp³-hybridized carbons (Fsp3) is 0.250. The van der Waals surface area contributed by atoms with E-state index in [0.717, 1.165) is 11.3 Å². The number of anilines is 2. The molecule has 1 aliphatic rings. The second-order valence-corrected chi connectivity index (χ2v) is 6.28. The molecule has 0 saturated carbocycles. The summed E-state index contributed by atoms with van der Waals surface area (Å²) in [4.78, 5) is 14.7. The number of allylic oxidation sites excluding steroid dienone is 1. The van der Waals surface area contributed by atoms with Crippen LogP contribution in [0.4, 0.5) is 11.4 Å². The molecule has 1 heterocycles. The van der Waals surface area contributed by atoms with Crippen molar-refractivity contribution >= 4 is 23.2 Å². The molecule has 0 aromatic heterocycles. The van der Waals surface area contributed by atoms with E-state index in [-0.39, 0.29) is 12.6 Å². The van der Waals surface area contributed by atoms with Crippen LogP contribution in [-0.4, -0.2) is 33.8 Å². The zero-order chi connectivity index (χ0) is 18.8. The first-order chi connectivity index (χ1) is 12.4. The summed E-state index contributed by atoms with van der Waals surface area (Å²) in [5, 5.41) is 0. The first-order valence-electron chi connectivity index (χ1n) is 8.18. The van der Waals surface area contributed by atoms with Gasteiger partial charge in [0.2, 0.25) is 12.5 Å². The summed E-state index contributed by atoms with van der Waals surface area (Å²) in [6, 6.07) is 8.97. The smallest absolute Gasteiger partial charge is 0.231 e. The molecular weight excluding hydrogens is 332 g/mol. The third-order valence-electron chi connectivity index (χ3n) is 4.19. The van der Waals surface area contributed by atoms with E-state index < -0.39 is 0 Å². The van der Waals surface area contributed by atoms with Crippen LogP contribution in [0.15, 0.2) is 35.9 Å². The standard InChI is InChI=1S/C20H22N2O4/c1-12(19(23)14-5-6-16(22(2)3)15(21)10-14)7-13-8-17(24-4)20-18(9-13)25-11-26-20/h5-10H,11,21H2,1-4H3. The van der Waals surface area contributed by atoms with Gasteiger partial charge in [-0.25, -0.2) is 0 Å². The van der Waals surface area contributed by atoms with Crippen LogP contribution in [0.5, 0.6) is 17.2 Å². The highest BCUT2D eigenvalue weighted by atomic mass is 16.7. The lowest BCUT2D eigenvalue weighted by Crippen LogP contribution is -2.12. The Kier molecular flexibility index (Phi) is 4.75. The van der Waals surface area contributed by atoms with Gasteiger partial charge in [-0.2, -0.15) is 0 Å². The van der Waals surface area contributed by atoms with Crippen LogP contribution in [0, 0.1) is 0 Å². The lowest BCUT2D eigenvalue weighted by Gasteiger charge is -2.15. The maximum atomic E-state index is 12.7. The average Bonchev–Trinajstić information content (AvgIpc) is 3.08. The molecule has 0 atom stereocenters. The number of methoxy groups -OCH3 is 1. The molecule has 0 fully saturated rings. The van der Waals surface area contributed by atoms with E-state index in [0.29, 0.717) is 34.1 Å². The lowest BCUT2D eigenvalue weighted by molar-refractivity contribution is 0.103. The van der Waals surface area contributed by atoms with E-state index in [1.807, 2.05) is 37.2 Å². The van der Waals surface area contributed by atoms with E-state index >= 15 is 0 Å². The van der Waals surface area contributed by atoms with Crippen LogP contribution < -0.4 is 24.8 Å². The third-order valence-corrected chi connectivity index (χ3v) is 4.19. The van der Waals surface area contributed by atoms with Crippen molar-refractivity contribution in [3.05, 3.63) is 47.0 Å². The fourth-order valence-corrected chi connectivity index (χ4v) is 2.88. The second-order valence-electron chi connectivity index (χ2n) is 6.28. The van der Waals surface area contributed by atoms with Crippen molar-refractivity contribution in [2.75, 3.05) is 38.6 Å². The monoisotopic (exact) mass is 354 g/mol. The molecule has 0 amide bonds. The maximum absolute atomic E-state index is 12.7. The molecular formula is C20H22N2O4. The summed E-state index contributed by atoms with van der Waals surface area (Å²) in [5.74, 6) is 1.68. The minimum atomic E-state index is -0.0846. The Hall–Kier alpha value is -3.15. The normalized spacial score (nSPS) is 12.8. The van der Waals surface area contributed by atoms with Crippen molar-refractivity contribution in [1.82, 2.24) is 0 Å². The molecule has 2 aromatic carbocycles. The first kappa shape index (κ1) is 17.7. The Morgan fingerprint density at radius 1 is 1.23 bits per heavy atom. The Morgan fingerprint density at radius 3 is 2.65 bits per heavy atom. The van der Waals surface area contributed by atoms with Gasteiger partial charge in [0.05, 0.1) is 18.5 Å². The van der Waals surface area contributed by atoms with Gasteiger partial charge in [-0.1, -0.05) is 0 Å². The number of fused-ring (bicyclic) bond motifs is 1. The number of nitrogens with two attached hydrogens (primary N) is 1. The zero-order valence-corrected chi connectivity index (χ0v) is 15.3. The van der Waals surface area contributed by atoms with Crippen LogP contribution in [0.2, 0.25) is 0 Å². The molecule has 0 unspecified atom stereocenters. The van der Waals surface area contributed by atoms with Crippen molar-refractivity contribution < 1.29 is 19.0 Å².